The van der Waals surface area contributed by atoms with Gasteiger partial charge in [0, 0.05) is 11.1 Å². The van der Waals surface area contributed by atoms with Crippen LogP contribution in [0.1, 0.15) is 98.3 Å². The molecule has 2 aliphatic carbocycles. The van der Waals surface area contributed by atoms with Gasteiger partial charge in [0.05, 0.1) is 6.10 Å². The van der Waals surface area contributed by atoms with Crippen molar-refractivity contribution < 1.29 is 5.11 Å². The molecule has 0 amide bonds. The second kappa shape index (κ2) is 7.27. The first kappa shape index (κ1) is 18.7. The summed E-state index contributed by atoms with van der Waals surface area (Å²) in [5, 5.41) is 14.4. The highest BCUT2D eigenvalue weighted by molar-refractivity contribution is 4.99. The van der Waals surface area contributed by atoms with Gasteiger partial charge in [0.15, 0.2) is 0 Å². The molecule has 2 saturated carbocycles. The van der Waals surface area contributed by atoms with E-state index >= 15 is 0 Å². The van der Waals surface area contributed by atoms with Gasteiger partial charge in [0.1, 0.15) is 0 Å². The minimum atomic E-state index is -0.0223. The highest BCUT2D eigenvalue weighted by atomic mass is 16.3. The molecule has 0 radical (unpaired) electrons. The molecule has 140 valence electrons. The van der Waals surface area contributed by atoms with E-state index in [9.17, 15) is 5.11 Å². The molecule has 0 spiro atoms. The second-order valence-electron chi connectivity index (χ2n) is 10.7. The van der Waals surface area contributed by atoms with E-state index in [4.69, 9.17) is 0 Å². The number of hydrogen-bond acceptors (Lipinski definition) is 2. The smallest absolute Gasteiger partial charge is 0.0568 e. The maximum absolute atomic E-state index is 10.6. The third-order valence-corrected chi connectivity index (χ3v) is 7.23. The van der Waals surface area contributed by atoms with Gasteiger partial charge in [0.25, 0.3) is 0 Å². The maximum atomic E-state index is 10.6. The van der Waals surface area contributed by atoms with Crippen LogP contribution in [-0.2, 0) is 0 Å². The standard InChI is InChI=1S/C22H41NO/c1-21(2)14-19(15-22(3,4)23-21)17-10-11-20(24)18(13-17)12-16-8-6-5-7-9-16/h16-20,23-24H,5-15H2,1-4H3. The number of hydrogen-bond donors (Lipinski definition) is 2. The molecule has 1 saturated heterocycles. The summed E-state index contributed by atoms with van der Waals surface area (Å²) in [6.07, 6.45) is 14.6. The zero-order valence-corrected chi connectivity index (χ0v) is 16.6. The maximum Gasteiger partial charge on any atom is 0.0568 e. The topological polar surface area (TPSA) is 32.3 Å². The van der Waals surface area contributed by atoms with Crippen molar-refractivity contribution in [1.82, 2.24) is 5.32 Å². The lowest BCUT2D eigenvalue weighted by Gasteiger charge is -2.50. The Hall–Kier alpha value is -0.0800. The molecule has 3 atom stereocenters. The third-order valence-electron chi connectivity index (χ3n) is 7.23. The van der Waals surface area contributed by atoms with Gasteiger partial charge in [-0.25, -0.2) is 0 Å². The lowest BCUT2D eigenvalue weighted by atomic mass is 9.64. The Kier molecular flexibility index (Phi) is 5.67. The van der Waals surface area contributed by atoms with Crippen LogP contribution in [0, 0.1) is 23.7 Å². The highest BCUT2D eigenvalue weighted by Crippen LogP contribution is 2.45. The Labute approximate surface area is 150 Å². The molecule has 24 heavy (non-hydrogen) atoms. The second-order valence-corrected chi connectivity index (χ2v) is 10.7. The zero-order chi connectivity index (χ0) is 17.4. The fraction of sp³-hybridized carbons (Fsp3) is 1.00. The molecule has 2 heteroatoms. The van der Waals surface area contributed by atoms with Gasteiger partial charge >= 0.3 is 0 Å². The van der Waals surface area contributed by atoms with E-state index < -0.39 is 0 Å². The number of aliphatic hydroxyl groups excluding tert-OH is 1. The Morgan fingerprint density at radius 2 is 1.46 bits per heavy atom. The Bertz CT molecular complexity index is 394. The predicted octanol–water partition coefficient (Wildman–Crippen LogP) is 5.29. The fourth-order valence-corrected chi connectivity index (χ4v) is 6.55. The average molecular weight is 336 g/mol. The van der Waals surface area contributed by atoms with E-state index in [0.717, 1.165) is 24.2 Å². The van der Waals surface area contributed by atoms with Gasteiger partial charge in [0.2, 0.25) is 0 Å². The lowest BCUT2D eigenvalue weighted by Crippen LogP contribution is -2.59. The fourth-order valence-electron chi connectivity index (χ4n) is 6.55. The SMILES string of the molecule is CC1(C)CC(C2CCC(O)C(CC3CCCCC3)C2)CC(C)(C)N1. The van der Waals surface area contributed by atoms with Gasteiger partial charge in [-0.3, -0.25) is 0 Å². The summed E-state index contributed by atoms with van der Waals surface area (Å²) in [5.41, 5.74) is 0.503. The number of nitrogens with one attached hydrogen (secondary N) is 1. The van der Waals surface area contributed by atoms with Crippen molar-refractivity contribution in [2.45, 2.75) is 116 Å². The van der Waals surface area contributed by atoms with E-state index in [-0.39, 0.29) is 17.2 Å². The predicted molar refractivity (Wildman–Crippen MR) is 102 cm³/mol. The summed E-state index contributed by atoms with van der Waals surface area (Å²) >= 11 is 0. The van der Waals surface area contributed by atoms with E-state index in [0.29, 0.717) is 5.92 Å². The molecule has 0 bridgehead atoms. The zero-order valence-electron chi connectivity index (χ0n) is 16.6. The Balaban J connectivity index is 1.61. The number of rotatable bonds is 3. The van der Waals surface area contributed by atoms with Crippen molar-refractivity contribution in [2.24, 2.45) is 23.7 Å². The first-order valence-electron chi connectivity index (χ1n) is 10.7. The highest BCUT2D eigenvalue weighted by Gasteiger charge is 2.43. The molecule has 2 N–H and O–H groups in total. The van der Waals surface area contributed by atoms with Crippen LogP contribution in [0.4, 0.5) is 0 Å². The van der Waals surface area contributed by atoms with Crippen molar-refractivity contribution in [2.75, 3.05) is 0 Å². The third kappa shape index (κ3) is 4.75. The van der Waals surface area contributed by atoms with Crippen LogP contribution < -0.4 is 5.32 Å². The molecular formula is C22H41NO. The summed E-state index contributed by atoms with van der Waals surface area (Å²) in [4.78, 5) is 0. The summed E-state index contributed by atoms with van der Waals surface area (Å²) in [7, 11) is 0. The normalized spacial score (nSPS) is 38.1. The molecule has 0 aromatic heterocycles. The molecule has 3 unspecified atom stereocenters. The van der Waals surface area contributed by atoms with E-state index in [2.05, 4.69) is 33.0 Å². The number of piperidine rings is 1. The van der Waals surface area contributed by atoms with Crippen LogP contribution in [0.25, 0.3) is 0 Å². The summed E-state index contributed by atoms with van der Waals surface area (Å²) in [6.45, 7) is 9.49. The van der Waals surface area contributed by atoms with Crippen LogP contribution in [0.2, 0.25) is 0 Å². The van der Waals surface area contributed by atoms with E-state index in [1.54, 1.807) is 0 Å². The minimum absolute atomic E-state index is 0.0223. The van der Waals surface area contributed by atoms with E-state index in [1.165, 1.54) is 64.2 Å². The monoisotopic (exact) mass is 335 g/mol. The first-order valence-corrected chi connectivity index (χ1v) is 10.7. The van der Waals surface area contributed by atoms with Gasteiger partial charge in [-0.1, -0.05) is 32.1 Å². The van der Waals surface area contributed by atoms with Gasteiger partial charge in [-0.2, -0.15) is 0 Å². The average Bonchev–Trinajstić information content (AvgIpc) is 2.47. The van der Waals surface area contributed by atoms with E-state index in [1.807, 2.05) is 0 Å². The largest absolute Gasteiger partial charge is 0.393 e. The molecule has 3 aliphatic rings. The van der Waals surface area contributed by atoms with Crippen LogP contribution >= 0.6 is 0 Å². The van der Waals surface area contributed by atoms with Gasteiger partial charge < -0.3 is 10.4 Å². The van der Waals surface area contributed by atoms with Crippen molar-refractivity contribution in [1.29, 1.82) is 0 Å². The first-order chi connectivity index (χ1) is 11.2. The summed E-state index contributed by atoms with van der Waals surface area (Å²) in [5.74, 6) is 3.14. The molecule has 3 rings (SSSR count). The summed E-state index contributed by atoms with van der Waals surface area (Å²) < 4.78 is 0. The van der Waals surface area contributed by atoms with Crippen LogP contribution in [-0.4, -0.2) is 22.3 Å². The molecule has 1 aliphatic heterocycles. The molecule has 0 aromatic carbocycles. The van der Waals surface area contributed by atoms with Crippen molar-refractivity contribution in [3.63, 3.8) is 0 Å². The molecule has 3 fully saturated rings. The molecule has 0 aromatic rings. The minimum Gasteiger partial charge on any atom is -0.393 e. The summed E-state index contributed by atoms with van der Waals surface area (Å²) in [6, 6.07) is 0. The van der Waals surface area contributed by atoms with Crippen LogP contribution in [0.5, 0.6) is 0 Å². The van der Waals surface area contributed by atoms with Crippen molar-refractivity contribution in [3.05, 3.63) is 0 Å². The van der Waals surface area contributed by atoms with Crippen LogP contribution in [0.15, 0.2) is 0 Å². The Morgan fingerprint density at radius 1 is 0.833 bits per heavy atom. The molecular weight excluding hydrogens is 294 g/mol. The molecule has 2 nitrogen and oxygen atoms in total. The quantitative estimate of drug-likeness (QED) is 0.734. The van der Waals surface area contributed by atoms with Gasteiger partial charge in [-0.05, 0) is 89.9 Å². The Morgan fingerprint density at radius 3 is 2.08 bits per heavy atom. The van der Waals surface area contributed by atoms with Crippen LogP contribution in [0.3, 0.4) is 0 Å². The molecule has 1 heterocycles. The van der Waals surface area contributed by atoms with Crippen molar-refractivity contribution >= 4 is 0 Å². The van der Waals surface area contributed by atoms with Crippen molar-refractivity contribution in [3.8, 4) is 0 Å². The lowest BCUT2D eigenvalue weighted by molar-refractivity contribution is -0.00171. The van der Waals surface area contributed by atoms with Gasteiger partial charge in [-0.15, -0.1) is 0 Å². The number of aliphatic hydroxyl groups is 1.